The fourth-order valence-electron chi connectivity index (χ4n) is 2.02. The second kappa shape index (κ2) is 3.54. The van der Waals surface area contributed by atoms with Crippen LogP contribution in [-0.4, -0.2) is 36.4 Å². The number of hydrogen-bond acceptors (Lipinski definition) is 2. The van der Waals surface area contributed by atoms with E-state index >= 15 is 0 Å². The number of rotatable bonds is 2. The van der Waals surface area contributed by atoms with Crippen molar-refractivity contribution >= 4 is 7.85 Å². The molecule has 1 saturated carbocycles. The molecule has 4 heteroatoms. The molecule has 0 heterocycles. The van der Waals surface area contributed by atoms with Crippen LogP contribution in [0.15, 0.2) is 18.4 Å². The SMILES string of the molecule is [B][C@@H]1C[C@](C=C=C)(CO)[C@H](O)C1(C)F. The first-order chi connectivity index (χ1) is 6.40. The van der Waals surface area contributed by atoms with Crippen molar-refractivity contribution in [2.75, 3.05) is 6.61 Å². The second-order valence-corrected chi connectivity index (χ2v) is 4.10. The maximum Gasteiger partial charge on any atom is 0.130 e. The molecule has 14 heavy (non-hydrogen) atoms. The van der Waals surface area contributed by atoms with Crippen molar-refractivity contribution < 1.29 is 14.6 Å². The van der Waals surface area contributed by atoms with Crippen LogP contribution in [0.4, 0.5) is 4.39 Å². The lowest BCUT2D eigenvalue weighted by Gasteiger charge is -2.30. The molecule has 1 unspecified atom stereocenters. The highest BCUT2D eigenvalue weighted by molar-refractivity contribution is 6.13. The van der Waals surface area contributed by atoms with Crippen LogP contribution in [0.3, 0.4) is 0 Å². The molecule has 2 nitrogen and oxygen atoms in total. The monoisotopic (exact) mass is 196 g/mol. The largest absolute Gasteiger partial charge is 0.395 e. The van der Waals surface area contributed by atoms with Gasteiger partial charge in [0.2, 0.25) is 0 Å². The number of aliphatic hydroxyl groups is 2. The van der Waals surface area contributed by atoms with Crippen LogP contribution >= 0.6 is 0 Å². The summed E-state index contributed by atoms with van der Waals surface area (Å²) in [6.07, 6.45) is 0.284. The van der Waals surface area contributed by atoms with E-state index < -0.39 is 23.0 Å². The van der Waals surface area contributed by atoms with Gasteiger partial charge in [0.05, 0.1) is 20.6 Å². The fourth-order valence-corrected chi connectivity index (χ4v) is 2.02. The van der Waals surface area contributed by atoms with E-state index in [0.29, 0.717) is 0 Å². The molecule has 0 bridgehead atoms. The molecule has 1 aliphatic rings. The minimum absolute atomic E-state index is 0.195. The Morgan fingerprint density at radius 3 is 2.64 bits per heavy atom. The lowest BCUT2D eigenvalue weighted by molar-refractivity contribution is -0.0351. The van der Waals surface area contributed by atoms with Gasteiger partial charge < -0.3 is 10.2 Å². The topological polar surface area (TPSA) is 40.5 Å². The van der Waals surface area contributed by atoms with Crippen LogP contribution in [-0.2, 0) is 0 Å². The van der Waals surface area contributed by atoms with Crippen LogP contribution < -0.4 is 0 Å². The van der Waals surface area contributed by atoms with Crippen molar-refractivity contribution in [2.24, 2.45) is 5.41 Å². The highest BCUT2D eigenvalue weighted by atomic mass is 19.1. The Labute approximate surface area is 84.5 Å². The average molecular weight is 196 g/mol. The molecule has 1 rings (SSSR count). The third-order valence-electron chi connectivity index (χ3n) is 3.09. The van der Waals surface area contributed by atoms with Crippen LogP contribution in [0.5, 0.6) is 0 Å². The summed E-state index contributed by atoms with van der Waals surface area (Å²) >= 11 is 0. The Kier molecular flexibility index (Phi) is 2.91. The molecule has 0 aromatic heterocycles. The Bertz CT molecular complexity index is 273. The predicted octanol–water partition coefficient (Wildman–Crippen LogP) is 0.756. The maximum atomic E-state index is 13.8. The molecule has 2 N–H and O–H groups in total. The third kappa shape index (κ3) is 1.44. The van der Waals surface area contributed by atoms with Crippen molar-refractivity contribution in [3.05, 3.63) is 18.4 Å². The second-order valence-electron chi connectivity index (χ2n) is 4.10. The van der Waals surface area contributed by atoms with Gasteiger partial charge in [0, 0.05) is 5.41 Å². The molecule has 1 aliphatic carbocycles. The third-order valence-corrected chi connectivity index (χ3v) is 3.09. The Morgan fingerprint density at radius 2 is 2.36 bits per heavy atom. The van der Waals surface area contributed by atoms with Crippen molar-refractivity contribution in [1.82, 2.24) is 0 Å². The molecule has 0 spiro atoms. The van der Waals surface area contributed by atoms with Crippen molar-refractivity contribution in [3.63, 3.8) is 0 Å². The van der Waals surface area contributed by atoms with Gasteiger partial charge in [-0.25, -0.2) is 4.39 Å². The molecule has 1 fully saturated rings. The summed E-state index contributed by atoms with van der Waals surface area (Å²) in [4.78, 5) is 0. The first-order valence-corrected chi connectivity index (χ1v) is 4.51. The van der Waals surface area contributed by atoms with E-state index in [1.807, 2.05) is 0 Å². The number of halogens is 1. The molecular formula is C10H14BFO2. The summed E-state index contributed by atoms with van der Waals surface area (Å²) in [7, 11) is 5.57. The molecule has 0 aliphatic heterocycles. The van der Waals surface area contributed by atoms with Gasteiger partial charge in [0.15, 0.2) is 0 Å². The molecular weight excluding hydrogens is 182 g/mol. The summed E-state index contributed by atoms with van der Waals surface area (Å²) in [5.74, 6) is -0.783. The smallest absolute Gasteiger partial charge is 0.130 e. The highest BCUT2D eigenvalue weighted by Crippen LogP contribution is 2.52. The summed E-state index contributed by atoms with van der Waals surface area (Å²) in [5.41, 5.74) is -0.443. The van der Waals surface area contributed by atoms with Gasteiger partial charge >= 0.3 is 0 Å². The minimum Gasteiger partial charge on any atom is -0.395 e. The van der Waals surface area contributed by atoms with Crippen molar-refractivity contribution in [2.45, 2.75) is 30.9 Å². The van der Waals surface area contributed by atoms with E-state index in [0.717, 1.165) is 0 Å². The number of hydrogen-bond donors (Lipinski definition) is 2. The Balaban J connectivity index is 3.09. The van der Waals surface area contributed by atoms with Gasteiger partial charge in [-0.15, -0.1) is 5.73 Å². The normalized spacial score (nSPS) is 47.4. The van der Waals surface area contributed by atoms with Crippen LogP contribution in [0.2, 0.25) is 5.82 Å². The van der Waals surface area contributed by atoms with Crippen molar-refractivity contribution in [1.29, 1.82) is 0 Å². The first-order valence-electron chi connectivity index (χ1n) is 4.51. The standard InChI is InChI=1S/C10H14BFO2/c1-3-4-10(6-13)5-7(11)9(2,12)8(10)14/h4,7-8,13-14H,1,5-6H2,2H3/t7-,8-,9?,10-/m1/s1. The molecule has 0 saturated heterocycles. The summed E-state index contributed by atoms with van der Waals surface area (Å²) in [6.45, 7) is 4.25. The van der Waals surface area contributed by atoms with E-state index in [2.05, 4.69) is 12.3 Å². The zero-order chi connectivity index (χ0) is 11.0. The van der Waals surface area contributed by atoms with Gasteiger partial charge in [-0.3, -0.25) is 0 Å². The molecule has 2 radical (unpaired) electrons. The summed E-state index contributed by atoms with van der Waals surface area (Å²) in [6, 6.07) is 0. The van der Waals surface area contributed by atoms with E-state index in [-0.39, 0.29) is 13.0 Å². The van der Waals surface area contributed by atoms with Gasteiger partial charge in [-0.1, -0.05) is 6.58 Å². The van der Waals surface area contributed by atoms with E-state index in [1.54, 1.807) is 0 Å². The first kappa shape index (κ1) is 11.5. The summed E-state index contributed by atoms with van der Waals surface area (Å²) < 4.78 is 13.8. The Morgan fingerprint density at radius 1 is 1.79 bits per heavy atom. The minimum atomic E-state index is -1.88. The Hall–Kier alpha value is -0.565. The van der Waals surface area contributed by atoms with Gasteiger partial charge in [-0.2, -0.15) is 0 Å². The zero-order valence-electron chi connectivity index (χ0n) is 8.20. The number of aliphatic hydroxyl groups excluding tert-OH is 2. The molecule has 76 valence electrons. The molecule has 0 amide bonds. The molecule has 4 atom stereocenters. The van der Waals surface area contributed by atoms with Gasteiger partial charge in [0.1, 0.15) is 5.67 Å². The van der Waals surface area contributed by atoms with E-state index in [1.165, 1.54) is 13.0 Å². The quantitative estimate of drug-likeness (QED) is 0.505. The van der Waals surface area contributed by atoms with Gasteiger partial charge in [0.25, 0.3) is 0 Å². The van der Waals surface area contributed by atoms with Crippen LogP contribution in [0.25, 0.3) is 0 Å². The fraction of sp³-hybridized carbons (Fsp3) is 0.700. The molecule has 0 aromatic carbocycles. The zero-order valence-corrected chi connectivity index (χ0v) is 8.20. The van der Waals surface area contributed by atoms with Gasteiger partial charge in [-0.05, 0) is 25.2 Å². The summed E-state index contributed by atoms with van der Waals surface area (Å²) in [5, 5.41) is 18.9. The highest BCUT2D eigenvalue weighted by Gasteiger charge is 2.57. The van der Waals surface area contributed by atoms with E-state index in [9.17, 15) is 14.6 Å². The van der Waals surface area contributed by atoms with Crippen LogP contribution in [0.1, 0.15) is 13.3 Å². The van der Waals surface area contributed by atoms with Crippen LogP contribution in [0, 0.1) is 5.41 Å². The predicted molar refractivity (Wildman–Crippen MR) is 52.9 cm³/mol. The van der Waals surface area contributed by atoms with E-state index in [4.69, 9.17) is 7.85 Å². The number of alkyl halides is 1. The molecule has 0 aromatic rings. The maximum absolute atomic E-state index is 13.8. The average Bonchev–Trinajstić information content (AvgIpc) is 2.29. The van der Waals surface area contributed by atoms with Crippen molar-refractivity contribution in [3.8, 4) is 0 Å². The lowest BCUT2D eigenvalue weighted by Crippen LogP contribution is -2.42. The lowest BCUT2D eigenvalue weighted by atomic mass is 9.77.